The topological polar surface area (TPSA) is 24.5 Å². The molecule has 0 aromatic rings. The minimum absolute atomic E-state index is 0.544. The molecule has 2 aliphatic heterocycles. The molecular weight excluding hydrogens is 200 g/mol. The molecule has 1 saturated carbocycles. The van der Waals surface area contributed by atoms with Crippen LogP contribution in [-0.4, -0.2) is 49.3 Å². The van der Waals surface area contributed by atoms with Crippen LogP contribution in [0.2, 0.25) is 0 Å². The summed E-state index contributed by atoms with van der Waals surface area (Å²) in [6, 6.07) is 1.48. The van der Waals surface area contributed by atoms with Crippen LogP contribution in [0.25, 0.3) is 0 Å². The summed E-state index contributed by atoms with van der Waals surface area (Å²) >= 11 is 0. The van der Waals surface area contributed by atoms with Gasteiger partial charge in [-0.25, -0.2) is 0 Å². The van der Waals surface area contributed by atoms with Gasteiger partial charge in [0.15, 0.2) is 0 Å². The van der Waals surface area contributed by atoms with Crippen molar-refractivity contribution in [2.24, 2.45) is 5.92 Å². The molecule has 1 aliphatic carbocycles. The maximum absolute atomic E-state index is 5.90. The number of rotatable bonds is 1. The van der Waals surface area contributed by atoms with Gasteiger partial charge < -0.3 is 10.1 Å². The third-order valence-electron chi connectivity index (χ3n) is 4.74. The molecule has 0 aromatic heterocycles. The summed E-state index contributed by atoms with van der Waals surface area (Å²) in [5.41, 5.74) is 0. The van der Waals surface area contributed by atoms with Crippen molar-refractivity contribution in [2.45, 2.75) is 50.8 Å². The Labute approximate surface area is 98.5 Å². The quantitative estimate of drug-likeness (QED) is 0.725. The molecule has 1 N–H and O–H groups in total. The van der Waals surface area contributed by atoms with Crippen molar-refractivity contribution in [3.63, 3.8) is 0 Å². The van der Waals surface area contributed by atoms with E-state index in [0.29, 0.717) is 6.10 Å². The normalized spacial score (nSPS) is 45.6. The number of nitrogens with one attached hydrogen (secondary N) is 1. The number of hydrogen-bond donors (Lipinski definition) is 1. The molecule has 0 aromatic carbocycles. The van der Waals surface area contributed by atoms with E-state index in [2.05, 4.69) is 17.1 Å². The van der Waals surface area contributed by atoms with E-state index in [1.165, 1.54) is 38.8 Å². The number of morpholine rings is 1. The van der Waals surface area contributed by atoms with Gasteiger partial charge in [0, 0.05) is 25.2 Å². The molecule has 0 bridgehead atoms. The second-order valence-corrected chi connectivity index (χ2v) is 5.68. The molecule has 92 valence electrons. The van der Waals surface area contributed by atoms with Crippen LogP contribution < -0.4 is 5.32 Å². The summed E-state index contributed by atoms with van der Waals surface area (Å²) in [5, 5.41) is 3.56. The number of fused-ring (bicyclic) bond motifs is 1. The highest BCUT2D eigenvalue weighted by Crippen LogP contribution is 2.33. The fraction of sp³-hybridized carbons (Fsp3) is 1.00. The maximum atomic E-state index is 5.90. The summed E-state index contributed by atoms with van der Waals surface area (Å²) in [5.74, 6) is 0.848. The van der Waals surface area contributed by atoms with Crippen molar-refractivity contribution in [3.8, 4) is 0 Å². The molecule has 3 rings (SSSR count). The molecule has 3 fully saturated rings. The lowest BCUT2D eigenvalue weighted by Crippen LogP contribution is -2.59. The van der Waals surface area contributed by atoms with E-state index < -0.39 is 0 Å². The zero-order valence-electron chi connectivity index (χ0n) is 10.3. The zero-order chi connectivity index (χ0) is 11.0. The minimum atomic E-state index is 0.544. The molecule has 16 heavy (non-hydrogen) atoms. The number of piperidine rings is 1. The lowest BCUT2D eigenvalue weighted by molar-refractivity contribution is -0.0819. The van der Waals surface area contributed by atoms with Crippen LogP contribution in [0.15, 0.2) is 0 Å². The summed E-state index contributed by atoms with van der Waals surface area (Å²) in [7, 11) is 0. The molecule has 0 amide bonds. The van der Waals surface area contributed by atoms with Crippen LogP contribution in [-0.2, 0) is 4.74 Å². The Kier molecular flexibility index (Phi) is 3.18. The highest BCUT2D eigenvalue weighted by Gasteiger charge is 2.40. The predicted octanol–water partition coefficient (Wildman–Crippen LogP) is 1.24. The third kappa shape index (κ3) is 1.89. The van der Waals surface area contributed by atoms with Crippen molar-refractivity contribution >= 4 is 0 Å². The largest absolute Gasteiger partial charge is 0.375 e. The third-order valence-corrected chi connectivity index (χ3v) is 4.74. The number of ether oxygens (including phenoxy) is 1. The van der Waals surface area contributed by atoms with Gasteiger partial charge in [0.25, 0.3) is 0 Å². The lowest BCUT2D eigenvalue weighted by Gasteiger charge is -2.46. The van der Waals surface area contributed by atoms with Crippen molar-refractivity contribution in [1.29, 1.82) is 0 Å². The zero-order valence-corrected chi connectivity index (χ0v) is 10.3. The van der Waals surface area contributed by atoms with E-state index in [9.17, 15) is 0 Å². The van der Waals surface area contributed by atoms with Gasteiger partial charge in [-0.05, 0) is 38.1 Å². The summed E-state index contributed by atoms with van der Waals surface area (Å²) in [4.78, 5) is 2.76. The van der Waals surface area contributed by atoms with E-state index in [1.807, 2.05) is 0 Å². The van der Waals surface area contributed by atoms with Crippen LogP contribution in [0, 0.1) is 5.92 Å². The molecule has 3 nitrogen and oxygen atoms in total. The Morgan fingerprint density at radius 3 is 3.00 bits per heavy atom. The van der Waals surface area contributed by atoms with Crippen LogP contribution in [0.1, 0.15) is 32.6 Å². The van der Waals surface area contributed by atoms with E-state index in [-0.39, 0.29) is 0 Å². The molecule has 0 radical (unpaired) electrons. The molecule has 4 atom stereocenters. The molecule has 3 heteroatoms. The average Bonchev–Trinajstić information content (AvgIpc) is 2.77. The molecule has 0 spiro atoms. The smallest absolute Gasteiger partial charge is 0.0731 e. The van der Waals surface area contributed by atoms with Gasteiger partial charge in [0.05, 0.1) is 12.7 Å². The second-order valence-electron chi connectivity index (χ2n) is 5.68. The molecule has 4 unspecified atom stereocenters. The van der Waals surface area contributed by atoms with Crippen LogP contribution in [0.5, 0.6) is 0 Å². The molecular formula is C13H24N2O. The Balaban J connectivity index is 1.71. The van der Waals surface area contributed by atoms with E-state index in [4.69, 9.17) is 4.74 Å². The van der Waals surface area contributed by atoms with Gasteiger partial charge in [-0.1, -0.05) is 6.92 Å². The minimum Gasteiger partial charge on any atom is -0.375 e. The summed E-state index contributed by atoms with van der Waals surface area (Å²) < 4.78 is 5.90. The molecule has 2 saturated heterocycles. The van der Waals surface area contributed by atoms with E-state index >= 15 is 0 Å². The first-order valence-electron chi connectivity index (χ1n) is 6.94. The van der Waals surface area contributed by atoms with E-state index in [0.717, 1.165) is 31.2 Å². The van der Waals surface area contributed by atoms with Gasteiger partial charge in [-0.15, -0.1) is 0 Å². The van der Waals surface area contributed by atoms with Crippen LogP contribution in [0.3, 0.4) is 0 Å². The average molecular weight is 224 g/mol. The Hall–Kier alpha value is -0.120. The number of nitrogens with zero attached hydrogens (tertiary/aromatic N) is 1. The van der Waals surface area contributed by atoms with E-state index in [1.54, 1.807) is 0 Å². The monoisotopic (exact) mass is 224 g/mol. The van der Waals surface area contributed by atoms with Crippen LogP contribution >= 0.6 is 0 Å². The first-order valence-corrected chi connectivity index (χ1v) is 6.94. The first-order chi connectivity index (χ1) is 7.86. The Morgan fingerprint density at radius 1 is 1.19 bits per heavy atom. The maximum Gasteiger partial charge on any atom is 0.0731 e. The summed E-state index contributed by atoms with van der Waals surface area (Å²) in [6.07, 6.45) is 5.88. The lowest BCUT2D eigenvalue weighted by atomic mass is 9.91. The van der Waals surface area contributed by atoms with Gasteiger partial charge in [0.1, 0.15) is 0 Å². The first kappa shape index (κ1) is 11.0. The van der Waals surface area contributed by atoms with Crippen molar-refractivity contribution in [2.75, 3.05) is 26.2 Å². The number of hydrogen-bond acceptors (Lipinski definition) is 3. The van der Waals surface area contributed by atoms with Gasteiger partial charge in [-0.3, -0.25) is 4.90 Å². The van der Waals surface area contributed by atoms with Gasteiger partial charge in [0.2, 0.25) is 0 Å². The standard InChI is InChI=1S/C13H24N2O/c1-10-5-6-14-9-12(10)15-7-8-16-13-4-2-3-11(13)15/h10-14H,2-9H2,1H3. The second kappa shape index (κ2) is 4.63. The highest BCUT2D eigenvalue weighted by atomic mass is 16.5. The Bertz CT molecular complexity index is 246. The van der Waals surface area contributed by atoms with Crippen molar-refractivity contribution < 1.29 is 4.74 Å². The fourth-order valence-electron chi connectivity index (χ4n) is 3.78. The highest BCUT2D eigenvalue weighted by molar-refractivity contribution is 4.95. The predicted molar refractivity (Wildman–Crippen MR) is 64.5 cm³/mol. The molecule has 2 heterocycles. The van der Waals surface area contributed by atoms with Gasteiger partial charge >= 0.3 is 0 Å². The van der Waals surface area contributed by atoms with Crippen LogP contribution in [0.4, 0.5) is 0 Å². The van der Waals surface area contributed by atoms with Gasteiger partial charge in [-0.2, -0.15) is 0 Å². The molecule has 3 aliphatic rings. The van der Waals surface area contributed by atoms with Crippen molar-refractivity contribution in [3.05, 3.63) is 0 Å². The summed E-state index contributed by atoms with van der Waals surface area (Å²) in [6.45, 7) is 6.91. The van der Waals surface area contributed by atoms with Crippen molar-refractivity contribution in [1.82, 2.24) is 10.2 Å². The Morgan fingerprint density at radius 2 is 2.12 bits per heavy atom. The SMILES string of the molecule is CC1CCNCC1N1CCOC2CCCC21. The fourth-order valence-corrected chi connectivity index (χ4v) is 3.78.